The lowest BCUT2D eigenvalue weighted by Gasteiger charge is -2.26. The average Bonchev–Trinajstić information content (AvgIpc) is 3.69. The summed E-state index contributed by atoms with van der Waals surface area (Å²) in [6.07, 6.45) is 0. The van der Waals surface area contributed by atoms with E-state index in [0.717, 1.165) is 45.3 Å². The molecule has 2 heterocycles. The number of fused-ring (bicyclic) bond motifs is 9. The summed E-state index contributed by atoms with van der Waals surface area (Å²) in [7, 11) is 0. The van der Waals surface area contributed by atoms with Crippen LogP contribution in [0, 0.1) is 0 Å². The van der Waals surface area contributed by atoms with Crippen molar-refractivity contribution in [3.63, 3.8) is 0 Å². The van der Waals surface area contributed by atoms with Crippen LogP contribution in [0.1, 0.15) is 0 Å². The molecule has 0 radical (unpaired) electrons. The summed E-state index contributed by atoms with van der Waals surface area (Å²) in [6, 6.07) is 83.6. The molecule has 0 atom stereocenters. The predicted octanol–water partition coefficient (Wildman–Crippen LogP) is 16.8. The van der Waals surface area contributed by atoms with Crippen LogP contribution in [0.5, 0.6) is 11.5 Å². The van der Waals surface area contributed by atoms with Gasteiger partial charge in [0.05, 0.1) is 16.7 Å². The second-order valence-electron chi connectivity index (χ2n) is 16.5. The highest BCUT2D eigenvalue weighted by atomic mass is 16.5. The summed E-state index contributed by atoms with van der Waals surface area (Å²) >= 11 is 0. The van der Waals surface area contributed by atoms with Gasteiger partial charge in [-0.25, -0.2) is 0 Å². The first kappa shape index (κ1) is 35.4. The van der Waals surface area contributed by atoms with Crippen LogP contribution in [0.3, 0.4) is 0 Å². The molecule has 12 aromatic rings. The Morgan fingerprint density at radius 2 is 0.937 bits per heavy atom. The van der Waals surface area contributed by atoms with E-state index in [1.54, 1.807) is 0 Å². The standard InChI is InChI=1S/C60H38N2O/c1-2-12-43-36-45(23-22-39(43)10-1)44-13-7-14-49(37-44)61(48-32-26-42(27-33-48)51-16-8-17-52-50-15-4-3-11-41(50)28-34-53(51)52)47-30-24-40(25-31-47)46-29-35-56-55(38-46)54-18-9-21-59-60(54)62(56)57-19-5-6-20-58(57)63-59/h1-38H. The Morgan fingerprint density at radius 3 is 1.81 bits per heavy atom. The monoisotopic (exact) mass is 802 g/mol. The van der Waals surface area contributed by atoms with Crippen LogP contribution in [0.4, 0.5) is 17.1 Å². The molecule has 13 rings (SSSR count). The summed E-state index contributed by atoms with van der Waals surface area (Å²) in [4.78, 5) is 2.38. The van der Waals surface area contributed by atoms with E-state index in [-0.39, 0.29) is 0 Å². The Bertz CT molecular complexity index is 3770. The maximum atomic E-state index is 6.39. The van der Waals surface area contributed by atoms with Gasteiger partial charge in [-0.1, -0.05) is 158 Å². The molecule has 0 saturated carbocycles. The smallest absolute Gasteiger partial charge is 0.152 e. The third-order valence-corrected chi connectivity index (χ3v) is 12.9. The normalized spacial score (nSPS) is 11.9. The van der Waals surface area contributed by atoms with Crippen molar-refractivity contribution in [2.24, 2.45) is 0 Å². The van der Waals surface area contributed by atoms with Gasteiger partial charge in [0.2, 0.25) is 0 Å². The number of rotatable bonds is 6. The van der Waals surface area contributed by atoms with E-state index in [2.05, 4.69) is 228 Å². The van der Waals surface area contributed by atoms with Gasteiger partial charge in [-0.3, -0.25) is 0 Å². The van der Waals surface area contributed by atoms with E-state index >= 15 is 0 Å². The molecule has 63 heavy (non-hydrogen) atoms. The van der Waals surface area contributed by atoms with Crippen molar-refractivity contribution < 1.29 is 4.74 Å². The van der Waals surface area contributed by atoms with E-state index in [0.29, 0.717) is 0 Å². The van der Waals surface area contributed by atoms with E-state index < -0.39 is 0 Å². The Morgan fingerprint density at radius 1 is 0.317 bits per heavy atom. The molecule has 11 aromatic carbocycles. The number of aromatic nitrogens is 1. The molecular weight excluding hydrogens is 765 g/mol. The predicted molar refractivity (Wildman–Crippen MR) is 264 cm³/mol. The van der Waals surface area contributed by atoms with Gasteiger partial charge in [0.1, 0.15) is 0 Å². The van der Waals surface area contributed by atoms with Gasteiger partial charge in [-0.2, -0.15) is 0 Å². The maximum absolute atomic E-state index is 6.39. The quantitative estimate of drug-likeness (QED) is 0.156. The minimum Gasteiger partial charge on any atom is -0.453 e. The molecule has 0 aliphatic carbocycles. The van der Waals surface area contributed by atoms with Crippen LogP contribution in [0.25, 0.3) is 93.2 Å². The molecule has 0 fully saturated rings. The van der Waals surface area contributed by atoms with Crippen LogP contribution < -0.4 is 9.64 Å². The Labute approximate surface area is 364 Å². The zero-order valence-corrected chi connectivity index (χ0v) is 34.2. The number of hydrogen-bond acceptors (Lipinski definition) is 2. The van der Waals surface area contributed by atoms with E-state index in [9.17, 15) is 0 Å². The highest BCUT2D eigenvalue weighted by molar-refractivity contribution is 6.14. The molecule has 0 amide bonds. The van der Waals surface area contributed by atoms with Crippen LogP contribution in [-0.2, 0) is 0 Å². The van der Waals surface area contributed by atoms with Gasteiger partial charge in [-0.15, -0.1) is 0 Å². The number of nitrogens with zero attached hydrogens (tertiary/aromatic N) is 2. The maximum Gasteiger partial charge on any atom is 0.152 e. The van der Waals surface area contributed by atoms with Gasteiger partial charge in [0, 0.05) is 27.8 Å². The van der Waals surface area contributed by atoms with Crippen LogP contribution in [-0.4, -0.2) is 4.57 Å². The van der Waals surface area contributed by atoms with E-state index in [1.165, 1.54) is 76.4 Å². The minimum absolute atomic E-state index is 0.874. The highest BCUT2D eigenvalue weighted by Gasteiger charge is 2.24. The molecule has 0 bridgehead atoms. The third kappa shape index (κ3) is 5.75. The summed E-state index contributed by atoms with van der Waals surface area (Å²) < 4.78 is 8.74. The van der Waals surface area contributed by atoms with Crippen molar-refractivity contribution in [1.29, 1.82) is 0 Å². The second kappa shape index (κ2) is 14.1. The van der Waals surface area contributed by atoms with Gasteiger partial charge in [0.25, 0.3) is 0 Å². The first-order chi connectivity index (χ1) is 31.2. The van der Waals surface area contributed by atoms with Gasteiger partial charge in [0.15, 0.2) is 11.5 Å². The fourth-order valence-electron chi connectivity index (χ4n) is 9.92. The fraction of sp³-hybridized carbons (Fsp3) is 0. The van der Waals surface area contributed by atoms with Crippen LogP contribution in [0.2, 0.25) is 0 Å². The highest BCUT2D eigenvalue weighted by Crippen LogP contribution is 2.46. The van der Waals surface area contributed by atoms with Crippen molar-refractivity contribution in [2.75, 3.05) is 4.90 Å². The molecule has 1 aliphatic heterocycles. The molecular formula is C60H38N2O. The third-order valence-electron chi connectivity index (χ3n) is 12.9. The Kier molecular flexibility index (Phi) is 7.91. The number of hydrogen-bond donors (Lipinski definition) is 0. The molecule has 3 nitrogen and oxygen atoms in total. The van der Waals surface area contributed by atoms with Crippen LogP contribution in [0.15, 0.2) is 231 Å². The average molecular weight is 803 g/mol. The van der Waals surface area contributed by atoms with Crippen molar-refractivity contribution in [2.45, 2.75) is 0 Å². The topological polar surface area (TPSA) is 17.4 Å². The Hall–Kier alpha value is -8.40. The van der Waals surface area contributed by atoms with Gasteiger partial charge < -0.3 is 14.2 Å². The molecule has 0 N–H and O–H groups in total. The number of para-hydroxylation sites is 3. The molecule has 3 heteroatoms. The summed E-state index contributed by atoms with van der Waals surface area (Å²) in [5.41, 5.74) is 13.7. The first-order valence-electron chi connectivity index (χ1n) is 21.6. The molecule has 0 spiro atoms. The summed E-state index contributed by atoms with van der Waals surface area (Å²) in [6.45, 7) is 0. The first-order valence-corrected chi connectivity index (χ1v) is 21.6. The Balaban J connectivity index is 0.911. The van der Waals surface area contributed by atoms with Gasteiger partial charge >= 0.3 is 0 Å². The second-order valence-corrected chi connectivity index (χ2v) is 16.5. The molecule has 0 unspecified atom stereocenters. The summed E-state index contributed by atoms with van der Waals surface area (Å²) in [5, 5.41) is 9.94. The van der Waals surface area contributed by atoms with E-state index in [4.69, 9.17) is 4.74 Å². The number of benzene rings is 11. The lowest BCUT2D eigenvalue weighted by molar-refractivity contribution is 0.476. The minimum atomic E-state index is 0.874. The molecule has 1 aromatic heterocycles. The molecule has 294 valence electrons. The van der Waals surface area contributed by atoms with E-state index in [1.807, 2.05) is 12.1 Å². The molecule has 0 saturated heterocycles. The fourth-order valence-corrected chi connectivity index (χ4v) is 9.92. The number of ether oxygens (including phenoxy) is 1. The van der Waals surface area contributed by atoms with Crippen LogP contribution >= 0.6 is 0 Å². The lowest BCUT2D eigenvalue weighted by Crippen LogP contribution is -2.10. The van der Waals surface area contributed by atoms with Crippen molar-refractivity contribution in [3.05, 3.63) is 231 Å². The van der Waals surface area contributed by atoms with Crippen molar-refractivity contribution >= 4 is 71.2 Å². The SMILES string of the molecule is c1cc(-c2ccc3ccccc3c2)cc(N(c2ccc(-c3ccc4c(c3)c3cccc5c3n4-c3ccccc3O5)cc2)c2ccc(-c3cccc4c3ccc3ccccc34)cc2)c1. The van der Waals surface area contributed by atoms with Gasteiger partial charge in [-0.05, 0) is 138 Å². The zero-order valence-electron chi connectivity index (χ0n) is 34.2. The zero-order chi connectivity index (χ0) is 41.4. The summed E-state index contributed by atoms with van der Waals surface area (Å²) in [5.74, 6) is 1.76. The van der Waals surface area contributed by atoms with Crippen molar-refractivity contribution in [3.8, 4) is 50.6 Å². The molecule has 1 aliphatic rings. The largest absolute Gasteiger partial charge is 0.453 e. The lowest BCUT2D eigenvalue weighted by atomic mass is 9.94. The van der Waals surface area contributed by atoms with Crippen molar-refractivity contribution in [1.82, 2.24) is 4.57 Å². The number of anilines is 3.